The zero-order valence-electron chi connectivity index (χ0n) is 9.45. The Bertz CT molecular complexity index is 518. The maximum Gasteiger partial charge on any atom is 0.422 e. The number of aromatic nitrogens is 1. The molecule has 1 amide bonds. The average molecular weight is 280 g/mol. The van der Waals surface area contributed by atoms with Crippen molar-refractivity contribution in [2.45, 2.75) is 18.6 Å². The van der Waals surface area contributed by atoms with Crippen molar-refractivity contribution in [3.63, 3.8) is 0 Å². The second kappa shape index (κ2) is 4.82. The third kappa shape index (κ3) is 2.80. The van der Waals surface area contributed by atoms with Gasteiger partial charge < -0.3 is 10.4 Å². The number of carboxylic acids is 1. The van der Waals surface area contributed by atoms with Gasteiger partial charge in [0.1, 0.15) is 0 Å². The number of hydrogen-bond acceptors (Lipinski definition) is 3. The Morgan fingerprint density at radius 3 is 2.37 bits per heavy atom. The van der Waals surface area contributed by atoms with Crippen LogP contribution in [-0.2, 0) is 4.79 Å². The van der Waals surface area contributed by atoms with Gasteiger partial charge in [0.15, 0.2) is 0 Å². The van der Waals surface area contributed by atoms with Crippen LogP contribution in [0.2, 0.25) is 0 Å². The summed E-state index contributed by atoms with van der Waals surface area (Å²) < 4.78 is 51.0. The highest BCUT2D eigenvalue weighted by molar-refractivity contribution is 5.98. The van der Waals surface area contributed by atoms with Gasteiger partial charge in [-0.2, -0.15) is 17.6 Å². The van der Waals surface area contributed by atoms with Gasteiger partial charge in [0.2, 0.25) is 11.5 Å². The summed E-state index contributed by atoms with van der Waals surface area (Å²) in [5.74, 6) is -5.12. The van der Waals surface area contributed by atoms with Crippen molar-refractivity contribution in [1.29, 1.82) is 0 Å². The van der Waals surface area contributed by atoms with E-state index >= 15 is 0 Å². The monoisotopic (exact) mass is 280 g/mol. The number of pyridine rings is 1. The highest BCUT2D eigenvalue weighted by Crippen LogP contribution is 2.30. The van der Waals surface area contributed by atoms with Gasteiger partial charge in [0.25, 0.3) is 5.91 Å². The first-order valence-electron chi connectivity index (χ1n) is 4.82. The lowest BCUT2D eigenvalue weighted by Gasteiger charge is -2.28. The van der Waals surface area contributed by atoms with Crippen molar-refractivity contribution in [2.24, 2.45) is 0 Å². The molecule has 0 aliphatic rings. The van der Waals surface area contributed by atoms with Crippen LogP contribution in [0.5, 0.6) is 0 Å². The molecule has 0 radical (unpaired) electrons. The number of nitrogens with one attached hydrogen (secondary N) is 1. The molecule has 1 aromatic rings. The first-order chi connectivity index (χ1) is 8.59. The van der Waals surface area contributed by atoms with Crippen molar-refractivity contribution >= 4 is 11.9 Å². The zero-order valence-corrected chi connectivity index (χ0v) is 9.45. The fourth-order valence-electron chi connectivity index (χ4n) is 1.10. The molecule has 0 spiro atoms. The van der Waals surface area contributed by atoms with E-state index in [1.807, 2.05) is 0 Å². The van der Waals surface area contributed by atoms with E-state index in [2.05, 4.69) is 4.98 Å². The number of aliphatic carboxylic acids is 1. The van der Waals surface area contributed by atoms with Crippen LogP contribution in [0.1, 0.15) is 17.3 Å². The van der Waals surface area contributed by atoms with Crippen LogP contribution in [0.25, 0.3) is 0 Å². The minimum Gasteiger partial charge on any atom is -0.479 e. The SMILES string of the molecule is CC(NC(=O)c1cccnc1F)(C(=O)O)C(F)(F)F. The molecule has 0 aromatic carbocycles. The molecule has 1 unspecified atom stereocenters. The summed E-state index contributed by atoms with van der Waals surface area (Å²) in [6.45, 7) is 0.265. The summed E-state index contributed by atoms with van der Waals surface area (Å²) >= 11 is 0. The first-order valence-corrected chi connectivity index (χ1v) is 4.82. The van der Waals surface area contributed by atoms with Gasteiger partial charge in [-0.15, -0.1) is 0 Å². The Labute approximate surface area is 104 Å². The lowest BCUT2D eigenvalue weighted by atomic mass is 10.0. The molecule has 19 heavy (non-hydrogen) atoms. The molecule has 0 fully saturated rings. The van der Waals surface area contributed by atoms with Gasteiger partial charge >= 0.3 is 12.1 Å². The lowest BCUT2D eigenvalue weighted by molar-refractivity contribution is -0.203. The van der Waals surface area contributed by atoms with Crippen LogP contribution in [0.3, 0.4) is 0 Å². The number of carbonyl (C=O) groups is 2. The molecule has 0 aliphatic carbocycles. The minimum absolute atomic E-state index is 0.265. The Morgan fingerprint density at radius 1 is 1.37 bits per heavy atom. The van der Waals surface area contributed by atoms with E-state index in [1.165, 1.54) is 5.32 Å². The van der Waals surface area contributed by atoms with E-state index < -0.39 is 35.1 Å². The fourth-order valence-corrected chi connectivity index (χ4v) is 1.10. The average Bonchev–Trinajstić information content (AvgIpc) is 2.27. The fraction of sp³-hybridized carbons (Fsp3) is 0.300. The molecular weight excluding hydrogens is 272 g/mol. The number of halogens is 4. The van der Waals surface area contributed by atoms with E-state index in [1.54, 1.807) is 0 Å². The van der Waals surface area contributed by atoms with Crippen molar-refractivity contribution < 1.29 is 32.3 Å². The molecule has 1 rings (SSSR count). The highest BCUT2D eigenvalue weighted by Gasteiger charge is 2.58. The van der Waals surface area contributed by atoms with Crippen molar-refractivity contribution in [3.05, 3.63) is 29.8 Å². The summed E-state index contributed by atoms with van der Waals surface area (Å²) in [5, 5.41) is 9.84. The summed E-state index contributed by atoms with van der Waals surface area (Å²) in [4.78, 5) is 25.2. The molecule has 5 nitrogen and oxygen atoms in total. The molecule has 0 aliphatic heterocycles. The zero-order chi connectivity index (χ0) is 14.8. The Balaban J connectivity index is 3.10. The predicted octanol–water partition coefficient (Wildman–Crippen LogP) is 1.36. The normalized spacial score (nSPS) is 14.6. The summed E-state index contributed by atoms with van der Waals surface area (Å²) in [7, 11) is 0. The minimum atomic E-state index is -5.24. The summed E-state index contributed by atoms with van der Waals surface area (Å²) in [6.07, 6.45) is -4.25. The number of nitrogens with zero attached hydrogens (tertiary/aromatic N) is 1. The van der Waals surface area contributed by atoms with Gasteiger partial charge in [-0.05, 0) is 19.1 Å². The molecule has 1 aromatic heterocycles. The summed E-state index contributed by atoms with van der Waals surface area (Å²) in [6, 6.07) is 2.01. The number of amides is 1. The quantitative estimate of drug-likeness (QED) is 0.647. The van der Waals surface area contributed by atoms with Gasteiger partial charge in [0.05, 0.1) is 5.56 Å². The Hall–Kier alpha value is -2.19. The third-order valence-corrected chi connectivity index (χ3v) is 2.36. The van der Waals surface area contributed by atoms with Gasteiger partial charge in [-0.3, -0.25) is 4.79 Å². The third-order valence-electron chi connectivity index (χ3n) is 2.36. The number of carboxylic acid groups (broad SMARTS) is 1. The van der Waals surface area contributed by atoms with Crippen molar-refractivity contribution in [2.75, 3.05) is 0 Å². The number of rotatable bonds is 3. The smallest absolute Gasteiger partial charge is 0.422 e. The van der Waals surface area contributed by atoms with Crippen LogP contribution in [0, 0.1) is 5.95 Å². The predicted molar refractivity (Wildman–Crippen MR) is 53.8 cm³/mol. The molecule has 9 heteroatoms. The molecule has 1 atom stereocenters. The number of hydrogen-bond donors (Lipinski definition) is 2. The van der Waals surface area contributed by atoms with Crippen molar-refractivity contribution in [3.8, 4) is 0 Å². The van der Waals surface area contributed by atoms with Gasteiger partial charge in [-0.1, -0.05) is 0 Å². The topological polar surface area (TPSA) is 79.3 Å². The standard InChI is InChI=1S/C10H8F4N2O3/c1-9(8(18)19,10(12,13)14)16-7(17)5-3-2-4-15-6(5)11/h2-4H,1H3,(H,16,17)(H,18,19). The van der Waals surface area contributed by atoms with E-state index in [4.69, 9.17) is 5.11 Å². The van der Waals surface area contributed by atoms with Gasteiger partial charge in [0, 0.05) is 6.20 Å². The summed E-state index contributed by atoms with van der Waals surface area (Å²) in [5.41, 5.74) is -4.30. The second-order valence-corrected chi connectivity index (χ2v) is 3.72. The molecule has 104 valence electrons. The van der Waals surface area contributed by atoms with Gasteiger partial charge in [-0.25, -0.2) is 9.78 Å². The molecule has 0 bridgehead atoms. The molecule has 0 saturated heterocycles. The van der Waals surface area contributed by atoms with Crippen LogP contribution >= 0.6 is 0 Å². The van der Waals surface area contributed by atoms with E-state index in [0.29, 0.717) is 0 Å². The van der Waals surface area contributed by atoms with Crippen LogP contribution in [-0.4, -0.2) is 33.7 Å². The lowest BCUT2D eigenvalue weighted by Crippen LogP contribution is -2.62. The molecular formula is C10H8F4N2O3. The Morgan fingerprint density at radius 2 is 1.95 bits per heavy atom. The van der Waals surface area contributed by atoms with E-state index in [-0.39, 0.29) is 6.92 Å². The van der Waals surface area contributed by atoms with Crippen LogP contribution < -0.4 is 5.32 Å². The van der Waals surface area contributed by atoms with E-state index in [0.717, 1.165) is 18.3 Å². The molecule has 2 N–H and O–H groups in total. The molecule has 1 heterocycles. The maximum atomic E-state index is 13.1. The largest absolute Gasteiger partial charge is 0.479 e. The van der Waals surface area contributed by atoms with Crippen molar-refractivity contribution in [1.82, 2.24) is 10.3 Å². The van der Waals surface area contributed by atoms with Crippen LogP contribution in [0.15, 0.2) is 18.3 Å². The van der Waals surface area contributed by atoms with Crippen LogP contribution in [0.4, 0.5) is 17.6 Å². The highest BCUT2D eigenvalue weighted by atomic mass is 19.4. The first kappa shape index (κ1) is 14.9. The maximum absolute atomic E-state index is 13.1. The second-order valence-electron chi connectivity index (χ2n) is 3.72. The molecule has 0 saturated carbocycles. The number of carbonyl (C=O) groups excluding carboxylic acids is 1. The Kier molecular flexibility index (Phi) is 3.78. The number of alkyl halides is 3. The van der Waals surface area contributed by atoms with E-state index in [9.17, 15) is 27.2 Å².